The van der Waals surface area contributed by atoms with Crippen molar-refractivity contribution in [1.82, 2.24) is 20.4 Å². The predicted octanol–water partition coefficient (Wildman–Crippen LogP) is 0.678. The van der Waals surface area contributed by atoms with Crippen molar-refractivity contribution < 1.29 is 23.8 Å². The van der Waals surface area contributed by atoms with E-state index in [1.807, 2.05) is 0 Å². The number of carbonyl (C=O) groups is 2. The summed E-state index contributed by atoms with van der Waals surface area (Å²) in [6.45, 7) is 3.03. The summed E-state index contributed by atoms with van der Waals surface area (Å²) in [5, 5.41) is 9.57. The van der Waals surface area contributed by atoms with Crippen LogP contribution < -0.4 is 19.5 Å². The van der Waals surface area contributed by atoms with Gasteiger partial charge in [-0.25, -0.2) is 0 Å². The van der Waals surface area contributed by atoms with Gasteiger partial charge in [0.1, 0.15) is 18.4 Å². The molecule has 0 aliphatic carbocycles. The number of nitrogens with zero attached hydrogens (tertiary/aromatic N) is 2. The molecule has 136 valence electrons. The third kappa shape index (κ3) is 3.03. The molecular formula is C17H18N4O5. The lowest BCUT2D eigenvalue weighted by Crippen LogP contribution is -2.55. The fourth-order valence-corrected chi connectivity index (χ4v) is 2.88. The Labute approximate surface area is 149 Å². The number of carbonyl (C=O) groups excluding carboxylic acids is 2. The van der Waals surface area contributed by atoms with E-state index in [0.717, 1.165) is 0 Å². The average molecular weight is 358 g/mol. The third-order valence-corrected chi connectivity index (χ3v) is 4.35. The first kappa shape index (κ1) is 16.2. The minimum absolute atomic E-state index is 0.161. The number of piperazine rings is 1. The lowest BCUT2D eigenvalue weighted by Gasteiger charge is -2.32. The zero-order valence-corrected chi connectivity index (χ0v) is 14.2. The van der Waals surface area contributed by atoms with Crippen LogP contribution in [0.3, 0.4) is 0 Å². The highest BCUT2D eigenvalue weighted by Gasteiger charge is 2.31. The Morgan fingerprint density at radius 2 is 2.19 bits per heavy atom. The number of nitrogens with one attached hydrogen (secondary N) is 2. The molecule has 0 spiro atoms. The van der Waals surface area contributed by atoms with E-state index in [1.54, 1.807) is 31.2 Å². The van der Waals surface area contributed by atoms with E-state index in [-0.39, 0.29) is 30.9 Å². The van der Waals surface area contributed by atoms with Gasteiger partial charge in [0.25, 0.3) is 5.91 Å². The average Bonchev–Trinajstić information content (AvgIpc) is 3.30. The van der Waals surface area contributed by atoms with Gasteiger partial charge in [-0.15, -0.1) is 0 Å². The maximum absolute atomic E-state index is 12.6. The monoisotopic (exact) mass is 358 g/mol. The second kappa shape index (κ2) is 6.58. The van der Waals surface area contributed by atoms with Crippen molar-refractivity contribution in [2.24, 2.45) is 0 Å². The van der Waals surface area contributed by atoms with Crippen LogP contribution in [0.2, 0.25) is 0 Å². The second-order valence-corrected chi connectivity index (χ2v) is 6.05. The van der Waals surface area contributed by atoms with Gasteiger partial charge in [-0.05, 0) is 25.1 Å². The molecule has 0 radical (unpaired) electrons. The summed E-state index contributed by atoms with van der Waals surface area (Å²) in [5.74, 6) is 1.51. The first-order valence-corrected chi connectivity index (χ1v) is 8.27. The van der Waals surface area contributed by atoms with Crippen molar-refractivity contribution >= 4 is 11.8 Å². The highest BCUT2D eigenvalue weighted by Crippen LogP contribution is 2.35. The Kier molecular flexibility index (Phi) is 4.11. The molecule has 1 fully saturated rings. The summed E-state index contributed by atoms with van der Waals surface area (Å²) in [6.07, 6.45) is 0. The van der Waals surface area contributed by atoms with Crippen molar-refractivity contribution in [3.05, 3.63) is 35.7 Å². The van der Waals surface area contributed by atoms with Crippen LogP contribution in [0.5, 0.6) is 17.2 Å². The number of fused-ring (bicyclic) bond motifs is 1. The molecule has 2 amide bonds. The molecule has 1 saturated heterocycles. The second-order valence-electron chi connectivity index (χ2n) is 6.05. The van der Waals surface area contributed by atoms with E-state index in [4.69, 9.17) is 14.2 Å². The number of hydrogen-bond acceptors (Lipinski definition) is 6. The molecule has 1 aromatic heterocycles. The first-order valence-electron chi connectivity index (χ1n) is 8.27. The van der Waals surface area contributed by atoms with Crippen LogP contribution in [0.25, 0.3) is 0 Å². The Balaban J connectivity index is 1.40. The summed E-state index contributed by atoms with van der Waals surface area (Å²) in [5.41, 5.74) is 0.913. The van der Waals surface area contributed by atoms with Gasteiger partial charge in [0.2, 0.25) is 12.7 Å². The van der Waals surface area contributed by atoms with E-state index in [1.165, 1.54) is 4.90 Å². The Bertz CT molecular complexity index is 849. The molecule has 26 heavy (non-hydrogen) atoms. The molecule has 1 atom stereocenters. The van der Waals surface area contributed by atoms with Crippen LogP contribution in [0.4, 0.5) is 0 Å². The van der Waals surface area contributed by atoms with Gasteiger partial charge in [-0.3, -0.25) is 14.7 Å². The van der Waals surface area contributed by atoms with E-state index in [2.05, 4.69) is 15.5 Å². The number of rotatable bonds is 4. The topological polar surface area (TPSA) is 106 Å². The number of aromatic nitrogens is 2. The number of H-pyrrole nitrogens is 1. The number of benzene rings is 1. The van der Waals surface area contributed by atoms with Crippen molar-refractivity contribution in [2.45, 2.75) is 19.6 Å². The third-order valence-electron chi connectivity index (χ3n) is 4.35. The van der Waals surface area contributed by atoms with Gasteiger partial charge in [-0.2, -0.15) is 5.10 Å². The minimum Gasteiger partial charge on any atom is -0.487 e. The van der Waals surface area contributed by atoms with Gasteiger partial charge in [-0.1, -0.05) is 0 Å². The molecule has 2 aromatic rings. The normalized spacial score (nSPS) is 18.6. The van der Waals surface area contributed by atoms with Gasteiger partial charge in [0.15, 0.2) is 17.2 Å². The SMILES string of the molecule is CC1C(=O)NCCN1C(=O)c1cc(COc2ccc3c(c2)OCO3)[nH]n1. The number of amides is 2. The molecule has 0 saturated carbocycles. The van der Waals surface area contributed by atoms with E-state index >= 15 is 0 Å². The number of aromatic amines is 1. The van der Waals surface area contributed by atoms with Gasteiger partial charge < -0.3 is 24.4 Å². The summed E-state index contributed by atoms with van der Waals surface area (Å²) < 4.78 is 16.3. The summed E-state index contributed by atoms with van der Waals surface area (Å²) in [7, 11) is 0. The van der Waals surface area contributed by atoms with Crippen LogP contribution in [-0.2, 0) is 11.4 Å². The zero-order valence-electron chi connectivity index (χ0n) is 14.2. The molecule has 4 rings (SSSR count). The molecule has 9 nitrogen and oxygen atoms in total. The van der Waals surface area contributed by atoms with Crippen molar-refractivity contribution in [3.8, 4) is 17.2 Å². The summed E-state index contributed by atoms with van der Waals surface area (Å²) in [4.78, 5) is 25.8. The van der Waals surface area contributed by atoms with Gasteiger partial charge in [0, 0.05) is 19.2 Å². The number of ether oxygens (including phenoxy) is 3. The van der Waals surface area contributed by atoms with Crippen LogP contribution in [0, 0.1) is 0 Å². The maximum atomic E-state index is 12.6. The fourth-order valence-electron chi connectivity index (χ4n) is 2.88. The molecule has 1 aromatic carbocycles. The highest BCUT2D eigenvalue weighted by atomic mass is 16.7. The van der Waals surface area contributed by atoms with Crippen LogP contribution in [0.1, 0.15) is 23.1 Å². The highest BCUT2D eigenvalue weighted by molar-refractivity contribution is 5.96. The van der Waals surface area contributed by atoms with Crippen molar-refractivity contribution in [1.29, 1.82) is 0 Å². The first-order chi connectivity index (χ1) is 12.6. The summed E-state index contributed by atoms with van der Waals surface area (Å²) >= 11 is 0. The largest absolute Gasteiger partial charge is 0.487 e. The molecule has 0 bridgehead atoms. The molecule has 2 aliphatic heterocycles. The number of hydrogen-bond donors (Lipinski definition) is 2. The predicted molar refractivity (Wildman–Crippen MR) is 89.0 cm³/mol. The van der Waals surface area contributed by atoms with E-state index in [9.17, 15) is 9.59 Å². The van der Waals surface area contributed by atoms with E-state index < -0.39 is 6.04 Å². The van der Waals surface area contributed by atoms with Gasteiger partial charge in [0.05, 0.1) is 5.69 Å². The molecule has 2 aliphatic rings. The molecular weight excluding hydrogens is 340 g/mol. The van der Waals surface area contributed by atoms with Crippen LogP contribution >= 0.6 is 0 Å². The lowest BCUT2D eigenvalue weighted by atomic mass is 10.2. The standard InChI is InChI=1S/C17H18N4O5/c1-10-16(22)18-4-5-21(10)17(23)13-6-11(19-20-13)8-24-12-2-3-14-15(7-12)26-9-25-14/h2-3,6-7,10H,4-5,8-9H2,1H3,(H,18,22)(H,19,20). The van der Waals surface area contributed by atoms with Crippen molar-refractivity contribution in [3.63, 3.8) is 0 Å². The molecule has 9 heteroatoms. The van der Waals surface area contributed by atoms with E-state index in [0.29, 0.717) is 36.0 Å². The van der Waals surface area contributed by atoms with Crippen LogP contribution in [0.15, 0.2) is 24.3 Å². The minimum atomic E-state index is -0.513. The smallest absolute Gasteiger partial charge is 0.275 e. The summed E-state index contributed by atoms with van der Waals surface area (Å²) in [6, 6.07) is 6.43. The molecule has 3 heterocycles. The molecule has 1 unspecified atom stereocenters. The Morgan fingerprint density at radius 1 is 1.35 bits per heavy atom. The fraction of sp³-hybridized carbons (Fsp3) is 0.353. The quantitative estimate of drug-likeness (QED) is 0.833. The maximum Gasteiger partial charge on any atom is 0.275 e. The van der Waals surface area contributed by atoms with Gasteiger partial charge >= 0.3 is 0 Å². The van der Waals surface area contributed by atoms with Crippen LogP contribution in [-0.4, -0.2) is 52.8 Å². The Hall–Kier alpha value is -3.23. The lowest BCUT2D eigenvalue weighted by molar-refractivity contribution is -0.127. The van der Waals surface area contributed by atoms with Crippen molar-refractivity contribution in [2.75, 3.05) is 19.9 Å². The molecule has 2 N–H and O–H groups in total. The zero-order chi connectivity index (χ0) is 18.1. The Morgan fingerprint density at radius 3 is 3.08 bits per heavy atom.